The molecule has 0 aliphatic carbocycles. The molecule has 1 saturated heterocycles. The Kier molecular flexibility index (Phi) is 4.67. The fraction of sp³-hybridized carbons (Fsp3) is 0.167. The molecule has 1 atom stereocenters. The fourth-order valence-electron chi connectivity index (χ4n) is 4.18. The first-order valence-electron chi connectivity index (χ1n) is 10.0. The van der Waals surface area contributed by atoms with Gasteiger partial charge in [0.05, 0.1) is 11.3 Å². The van der Waals surface area contributed by atoms with Crippen LogP contribution in [0.2, 0.25) is 0 Å². The summed E-state index contributed by atoms with van der Waals surface area (Å²) >= 11 is 0. The highest BCUT2D eigenvalue weighted by molar-refractivity contribution is 6.31. The maximum Gasteiger partial charge on any atom is 0.257 e. The van der Waals surface area contributed by atoms with E-state index in [-0.39, 0.29) is 11.7 Å². The van der Waals surface area contributed by atoms with Crippen molar-refractivity contribution in [3.05, 3.63) is 90.1 Å². The van der Waals surface area contributed by atoms with Crippen LogP contribution < -0.4 is 15.5 Å². The van der Waals surface area contributed by atoms with Gasteiger partial charge in [-0.15, -0.1) is 0 Å². The van der Waals surface area contributed by atoms with Crippen LogP contribution in [0, 0.1) is 5.82 Å². The van der Waals surface area contributed by atoms with Crippen LogP contribution in [-0.4, -0.2) is 24.0 Å². The summed E-state index contributed by atoms with van der Waals surface area (Å²) < 4.78 is 14.9. The molecule has 0 radical (unpaired) electrons. The second kappa shape index (κ2) is 7.63. The van der Waals surface area contributed by atoms with Crippen molar-refractivity contribution < 1.29 is 9.18 Å². The van der Waals surface area contributed by atoms with Gasteiger partial charge < -0.3 is 15.5 Å². The molecule has 0 saturated carbocycles. The lowest BCUT2D eigenvalue weighted by Gasteiger charge is -2.20. The maximum atomic E-state index is 14.9. The van der Waals surface area contributed by atoms with Gasteiger partial charge in [0, 0.05) is 54.5 Å². The van der Waals surface area contributed by atoms with Crippen LogP contribution >= 0.6 is 0 Å². The number of pyridine rings is 1. The number of carbonyl (C=O) groups is 1. The Morgan fingerprint density at radius 2 is 1.97 bits per heavy atom. The number of fused-ring (bicyclic) bond motifs is 1. The van der Waals surface area contributed by atoms with E-state index in [2.05, 4.69) is 20.5 Å². The summed E-state index contributed by atoms with van der Waals surface area (Å²) in [6, 6.07) is 16.7. The van der Waals surface area contributed by atoms with Gasteiger partial charge in [0.1, 0.15) is 5.82 Å². The lowest BCUT2D eigenvalue weighted by molar-refractivity contribution is -0.110. The molecule has 30 heavy (non-hydrogen) atoms. The van der Waals surface area contributed by atoms with Gasteiger partial charge in [-0.1, -0.05) is 18.2 Å². The van der Waals surface area contributed by atoms with Gasteiger partial charge in [-0.05, 0) is 48.4 Å². The van der Waals surface area contributed by atoms with E-state index in [1.807, 2.05) is 42.5 Å². The van der Waals surface area contributed by atoms with Crippen LogP contribution in [0.5, 0.6) is 0 Å². The molecule has 3 aromatic rings. The summed E-state index contributed by atoms with van der Waals surface area (Å²) in [5, 5.41) is 5.89. The van der Waals surface area contributed by atoms with Crippen molar-refractivity contribution in [2.75, 3.05) is 28.6 Å². The maximum absolute atomic E-state index is 14.9. The molecule has 150 valence electrons. The summed E-state index contributed by atoms with van der Waals surface area (Å²) in [5.74, 6) is -0.0547. The lowest BCUT2D eigenvalue weighted by atomic mass is 10.00. The van der Waals surface area contributed by atoms with Crippen molar-refractivity contribution in [2.45, 2.75) is 12.3 Å². The van der Waals surface area contributed by atoms with E-state index in [0.29, 0.717) is 22.9 Å². The molecule has 5 nitrogen and oxygen atoms in total. The van der Waals surface area contributed by atoms with E-state index in [4.69, 9.17) is 0 Å². The Labute approximate surface area is 174 Å². The Morgan fingerprint density at radius 3 is 2.80 bits per heavy atom. The van der Waals surface area contributed by atoms with Crippen LogP contribution in [-0.2, 0) is 4.79 Å². The molecule has 0 bridgehead atoms. The minimum absolute atomic E-state index is 0.167. The molecule has 3 heterocycles. The summed E-state index contributed by atoms with van der Waals surface area (Å²) in [6.07, 6.45) is 6.22. The highest BCUT2D eigenvalue weighted by atomic mass is 19.1. The number of nitrogens with zero attached hydrogens (tertiary/aromatic N) is 2. The number of hydrogen-bond acceptors (Lipinski definition) is 4. The van der Waals surface area contributed by atoms with Crippen molar-refractivity contribution >= 4 is 28.5 Å². The van der Waals surface area contributed by atoms with Gasteiger partial charge >= 0.3 is 0 Å². The zero-order valence-corrected chi connectivity index (χ0v) is 16.3. The van der Waals surface area contributed by atoms with E-state index in [1.165, 1.54) is 11.6 Å². The zero-order valence-electron chi connectivity index (χ0n) is 16.3. The van der Waals surface area contributed by atoms with Crippen LogP contribution in [0.25, 0.3) is 5.57 Å². The average Bonchev–Trinajstić information content (AvgIpc) is 3.37. The second-order valence-corrected chi connectivity index (χ2v) is 7.58. The molecule has 6 heteroatoms. The number of nitrogens with one attached hydrogen (secondary N) is 2. The monoisotopic (exact) mass is 400 g/mol. The topological polar surface area (TPSA) is 57.3 Å². The first kappa shape index (κ1) is 18.4. The third-order valence-electron chi connectivity index (χ3n) is 5.75. The second-order valence-electron chi connectivity index (χ2n) is 7.58. The molecule has 2 N–H and O–H groups in total. The number of anilines is 3. The number of hydrogen-bond donors (Lipinski definition) is 2. The molecule has 2 aromatic carbocycles. The number of halogens is 1. The highest BCUT2D eigenvalue weighted by Gasteiger charge is 2.26. The van der Waals surface area contributed by atoms with E-state index in [1.54, 1.807) is 24.7 Å². The summed E-state index contributed by atoms with van der Waals surface area (Å²) in [5.41, 5.74) is 4.61. The lowest BCUT2D eigenvalue weighted by Crippen LogP contribution is -2.20. The predicted octanol–water partition coefficient (Wildman–Crippen LogP) is 4.62. The number of amides is 1. The minimum atomic E-state index is -0.273. The molecule has 1 unspecified atom stereocenters. The molecular weight excluding hydrogens is 379 g/mol. The SMILES string of the molecule is O=C1Nc2ccccc2C1=CNc1ccc(N2CCC(c3ccncc3)C2)c(F)c1. The molecule has 5 rings (SSSR count). The largest absolute Gasteiger partial charge is 0.369 e. The van der Waals surface area contributed by atoms with Gasteiger partial charge in [0.2, 0.25) is 0 Å². The molecule has 2 aliphatic heterocycles. The van der Waals surface area contributed by atoms with Crippen molar-refractivity contribution in [1.82, 2.24) is 4.98 Å². The molecule has 1 aromatic heterocycles. The normalized spacial score (nSPS) is 19.1. The number of carbonyl (C=O) groups excluding carboxylic acids is 1. The number of benzene rings is 2. The van der Waals surface area contributed by atoms with E-state index in [9.17, 15) is 9.18 Å². The van der Waals surface area contributed by atoms with Gasteiger partial charge in [-0.2, -0.15) is 0 Å². The van der Waals surface area contributed by atoms with E-state index < -0.39 is 0 Å². The Morgan fingerprint density at radius 1 is 1.13 bits per heavy atom. The first-order chi connectivity index (χ1) is 14.7. The van der Waals surface area contributed by atoms with Crippen molar-refractivity contribution in [3.63, 3.8) is 0 Å². The van der Waals surface area contributed by atoms with Gasteiger partial charge in [0.25, 0.3) is 5.91 Å². The van der Waals surface area contributed by atoms with Gasteiger partial charge in [0.15, 0.2) is 0 Å². The average molecular weight is 400 g/mol. The van der Waals surface area contributed by atoms with Crippen molar-refractivity contribution in [3.8, 4) is 0 Å². The smallest absolute Gasteiger partial charge is 0.257 e. The fourth-order valence-corrected chi connectivity index (χ4v) is 4.18. The summed E-state index contributed by atoms with van der Waals surface area (Å²) in [4.78, 5) is 18.3. The zero-order chi connectivity index (χ0) is 20.5. The molecule has 0 spiro atoms. The van der Waals surface area contributed by atoms with Crippen LogP contribution in [0.4, 0.5) is 21.5 Å². The van der Waals surface area contributed by atoms with E-state index in [0.717, 1.165) is 30.8 Å². The Hall–Kier alpha value is -3.67. The predicted molar refractivity (Wildman–Crippen MR) is 117 cm³/mol. The summed E-state index contributed by atoms with van der Waals surface area (Å²) in [6.45, 7) is 1.60. The van der Waals surface area contributed by atoms with Gasteiger partial charge in [-0.3, -0.25) is 9.78 Å². The summed E-state index contributed by atoms with van der Waals surface area (Å²) in [7, 11) is 0. The van der Waals surface area contributed by atoms with Crippen LogP contribution in [0.3, 0.4) is 0 Å². The van der Waals surface area contributed by atoms with Crippen molar-refractivity contribution in [1.29, 1.82) is 0 Å². The molecule has 1 amide bonds. The molecular formula is C24H21FN4O. The van der Waals surface area contributed by atoms with Crippen molar-refractivity contribution in [2.24, 2.45) is 0 Å². The van der Waals surface area contributed by atoms with Crippen LogP contribution in [0.15, 0.2) is 73.2 Å². The number of para-hydroxylation sites is 1. The minimum Gasteiger partial charge on any atom is -0.369 e. The number of aromatic nitrogens is 1. The third-order valence-corrected chi connectivity index (χ3v) is 5.75. The van der Waals surface area contributed by atoms with Crippen LogP contribution in [0.1, 0.15) is 23.5 Å². The van der Waals surface area contributed by atoms with Gasteiger partial charge in [-0.25, -0.2) is 4.39 Å². The quantitative estimate of drug-likeness (QED) is 0.628. The molecule has 1 fully saturated rings. The standard InChI is InChI=1S/C24H21FN4O/c25-21-13-18(27-14-20-19-3-1-2-4-22(19)28-24(20)30)5-6-23(21)29-12-9-17(15-29)16-7-10-26-11-8-16/h1-8,10-11,13-14,17,27H,9,12,15H2,(H,28,30). The Bertz CT molecular complexity index is 1130. The number of rotatable bonds is 4. The Balaban J connectivity index is 1.31. The molecule has 2 aliphatic rings. The van der Waals surface area contributed by atoms with E-state index >= 15 is 0 Å². The third kappa shape index (κ3) is 3.41. The first-order valence-corrected chi connectivity index (χ1v) is 10.0. The highest BCUT2D eigenvalue weighted by Crippen LogP contribution is 2.34.